The van der Waals surface area contributed by atoms with Crippen molar-refractivity contribution in [3.63, 3.8) is 0 Å². The summed E-state index contributed by atoms with van der Waals surface area (Å²) in [4.78, 5) is 17.1. The van der Waals surface area contributed by atoms with Crippen LogP contribution < -0.4 is 10.2 Å². The van der Waals surface area contributed by atoms with Crippen molar-refractivity contribution in [1.29, 1.82) is 0 Å². The average Bonchev–Trinajstić information content (AvgIpc) is 3.26. The van der Waals surface area contributed by atoms with Gasteiger partial charge in [-0.15, -0.1) is 5.10 Å². The second-order valence-electron chi connectivity index (χ2n) is 7.83. The van der Waals surface area contributed by atoms with Crippen LogP contribution in [0.4, 0.5) is 6.01 Å². The zero-order chi connectivity index (χ0) is 21.6. The average molecular weight is 440 g/mol. The number of carbonyl (C=O) groups excluding carboxylic acids is 1. The molecular formula is C23H26ClN5O2. The minimum Gasteiger partial charge on any atom is -0.406 e. The summed E-state index contributed by atoms with van der Waals surface area (Å²) in [5, 5.41) is 12.2. The molecule has 31 heavy (non-hydrogen) atoms. The molecule has 0 radical (unpaired) electrons. The van der Waals surface area contributed by atoms with Gasteiger partial charge in [-0.3, -0.25) is 4.79 Å². The van der Waals surface area contributed by atoms with Crippen LogP contribution in [0.5, 0.6) is 0 Å². The number of rotatable bonds is 7. The smallest absolute Gasteiger partial charge is 0.318 e. The fourth-order valence-corrected chi connectivity index (χ4v) is 3.70. The molecule has 0 spiro atoms. The maximum absolute atomic E-state index is 12.8. The van der Waals surface area contributed by atoms with Gasteiger partial charge in [0.05, 0.1) is 6.42 Å². The number of carbonyl (C=O) groups is 1. The first-order valence-corrected chi connectivity index (χ1v) is 10.8. The van der Waals surface area contributed by atoms with Crippen LogP contribution >= 0.6 is 11.6 Å². The van der Waals surface area contributed by atoms with Crippen LogP contribution in [0.2, 0.25) is 5.02 Å². The number of aromatic nitrogens is 2. The Hall–Kier alpha value is -2.90. The Kier molecular flexibility index (Phi) is 6.84. The highest BCUT2D eigenvalue weighted by Gasteiger charge is 2.25. The molecule has 3 aromatic rings. The van der Waals surface area contributed by atoms with Gasteiger partial charge in [0, 0.05) is 37.6 Å². The molecule has 0 bridgehead atoms. The molecule has 1 amide bonds. The standard InChI is InChI=1S/C23H26ClN5O2/c1-28-11-13-29(14-12-28)23-27-26-22(31-23)20(15-17-5-3-2-4-6-17)25-21(30)16-18-7-9-19(24)10-8-18/h2-10,20H,11-16H2,1H3,(H,25,30)/t20-/m1/s1. The summed E-state index contributed by atoms with van der Waals surface area (Å²) in [6.07, 6.45) is 0.819. The van der Waals surface area contributed by atoms with Gasteiger partial charge in [-0.05, 0) is 30.3 Å². The van der Waals surface area contributed by atoms with Crippen LogP contribution in [0.1, 0.15) is 23.1 Å². The van der Waals surface area contributed by atoms with Gasteiger partial charge in [0.2, 0.25) is 11.8 Å². The molecule has 4 rings (SSSR count). The van der Waals surface area contributed by atoms with Crippen molar-refractivity contribution in [2.75, 3.05) is 38.1 Å². The molecule has 1 fully saturated rings. The SMILES string of the molecule is CN1CCN(c2nnc([C@@H](Cc3ccccc3)NC(=O)Cc3ccc(Cl)cc3)o2)CC1. The Morgan fingerprint density at radius 1 is 1.03 bits per heavy atom. The van der Waals surface area contributed by atoms with Gasteiger partial charge >= 0.3 is 6.01 Å². The molecule has 1 N–H and O–H groups in total. The molecule has 162 valence electrons. The summed E-state index contributed by atoms with van der Waals surface area (Å²) in [6.45, 7) is 3.57. The van der Waals surface area contributed by atoms with Crippen LogP contribution in [0.15, 0.2) is 59.0 Å². The van der Waals surface area contributed by atoms with Crippen molar-refractivity contribution in [3.8, 4) is 0 Å². The van der Waals surface area contributed by atoms with Gasteiger partial charge in [-0.1, -0.05) is 59.2 Å². The van der Waals surface area contributed by atoms with E-state index in [-0.39, 0.29) is 12.3 Å². The molecule has 0 aliphatic carbocycles. The number of hydrogen-bond acceptors (Lipinski definition) is 6. The van der Waals surface area contributed by atoms with Gasteiger partial charge < -0.3 is 19.5 Å². The largest absolute Gasteiger partial charge is 0.406 e. The Morgan fingerprint density at radius 2 is 1.74 bits per heavy atom. The minimum atomic E-state index is -0.407. The zero-order valence-corrected chi connectivity index (χ0v) is 18.3. The Morgan fingerprint density at radius 3 is 2.45 bits per heavy atom. The molecule has 1 atom stereocenters. The summed E-state index contributed by atoms with van der Waals surface area (Å²) < 4.78 is 6.01. The third-order valence-electron chi connectivity index (χ3n) is 5.40. The molecule has 2 aromatic carbocycles. The minimum absolute atomic E-state index is 0.109. The normalized spacial score (nSPS) is 15.6. The molecule has 1 aliphatic rings. The maximum Gasteiger partial charge on any atom is 0.318 e. The summed E-state index contributed by atoms with van der Waals surface area (Å²) in [7, 11) is 2.10. The van der Waals surface area contributed by atoms with Crippen molar-refractivity contribution < 1.29 is 9.21 Å². The van der Waals surface area contributed by atoms with Crippen molar-refractivity contribution >= 4 is 23.5 Å². The van der Waals surface area contributed by atoms with E-state index >= 15 is 0 Å². The molecule has 0 saturated carbocycles. The van der Waals surface area contributed by atoms with Gasteiger partial charge in [-0.25, -0.2) is 0 Å². The van der Waals surface area contributed by atoms with Crippen molar-refractivity contribution in [1.82, 2.24) is 20.4 Å². The monoisotopic (exact) mass is 439 g/mol. The second kappa shape index (κ2) is 9.94. The molecule has 7 nitrogen and oxygen atoms in total. The first-order valence-electron chi connectivity index (χ1n) is 10.4. The number of benzene rings is 2. The number of hydrogen-bond donors (Lipinski definition) is 1. The Balaban J connectivity index is 1.49. The predicted molar refractivity (Wildman–Crippen MR) is 120 cm³/mol. The van der Waals surface area contributed by atoms with Gasteiger partial charge in [-0.2, -0.15) is 0 Å². The highest BCUT2D eigenvalue weighted by molar-refractivity contribution is 6.30. The number of nitrogens with zero attached hydrogens (tertiary/aromatic N) is 4. The molecule has 1 aromatic heterocycles. The van der Waals surface area contributed by atoms with E-state index in [1.165, 1.54) is 0 Å². The van der Waals surface area contributed by atoms with E-state index in [1.807, 2.05) is 42.5 Å². The lowest BCUT2D eigenvalue weighted by Crippen LogP contribution is -2.44. The van der Waals surface area contributed by atoms with E-state index in [9.17, 15) is 4.79 Å². The van der Waals surface area contributed by atoms with Gasteiger partial charge in [0.15, 0.2) is 0 Å². The zero-order valence-electron chi connectivity index (χ0n) is 17.5. The number of halogens is 1. The van der Waals surface area contributed by atoms with Crippen molar-refractivity contribution in [2.45, 2.75) is 18.9 Å². The number of amides is 1. The van der Waals surface area contributed by atoms with Crippen LogP contribution in [0.3, 0.4) is 0 Å². The molecule has 1 aliphatic heterocycles. The van der Waals surface area contributed by atoms with Gasteiger partial charge in [0.25, 0.3) is 0 Å². The van der Waals surface area contributed by atoms with E-state index in [0.29, 0.717) is 23.3 Å². The number of nitrogens with one attached hydrogen (secondary N) is 1. The van der Waals surface area contributed by atoms with Crippen LogP contribution in [-0.2, 0) is 17.6 Å². The first kappa shape index (κ1) is 21.3. The quantitative estimate of drug-likeness (QED) is 0.609. The van der Waals surface area contributed by atoms with E-state index in [4.69, 9.17) is 16.0 Å². The van der Waals surface area contributed by atoms with Crippen molar-refractivity contribution in [3.05, 3.63) is 76.6 Å². The third-order valence-corrected chi connectivity index (χ3v) is 5.65. The van der Waals surface area contributed by atoms with E-state index in [2.05, 4.69) is 32.4 Å². The van der Waals surface area contributed by atoms with Gasteiger partial charge in [0.1, 0.15) is 6.04 Å². The lowest BCUT2D eigenvalue weighted by molar-refractivity contribution is -0.121. The second-order valence-corrected chi connectivity index (χ2v) is 8.26. The Labute approximate surface area is 187 Å². The molecule has 8 heteroatoms. The third kappa shape index (κ3) is 5.83. The van der Waals surface area contributed by atoms with Crippen LogP contribution in [0.25, 0.3) is 0 Å². The topological polar surface area (TPSA) is 74.5 Å². The molecular weight excluding hydrogens is 414 g/mol. The summed E-state index contributed by atoms with van der Waals surface area (Å²) >= 11 is 5.94. The number of anilines is 1. The molecule has 2 heterocycles. The fraction of sp³-hybridized carbons (Fsp3) is 0.348. The highest BCUT2D eigenvalue weighted by Crippen LogP contribution is 2.22. The number of likely N-dealkylation sites (N-methyl/N-ethyl adjacent to an activating group) is 1. The van der Waals surface area contributed by atoms with E-state index in [1.54, 1.807) is 12.1 Å². The summed E-state index contributed by atoms with van der Waals surface area (Å²) in [6, 6.07) is 17.3. The lowest BCUT2D eigenvalue weighted by Gasteiger charge is -2.30. The highest BCUT2D eigenvalue weighted by atomic mass is 35.5. The fourth-order valence-electron chi connectivity index (χ4n) is 3.58. The lowest BCUT2D eigenvalue weighted by atomic mass is 10.1. The first-order chi connectivity index (χ1) is 15.1. The van der Waals surface area contributed by atoms with E-state index in [0.717, 1.165) is 37.3 Å². The van der Waals surface area contributed by atoms with Crippen LogP contribution in [0, 0.1) is 0 Å². The molecule has 1 saturated heterocycles. The summed E-state index contributed by atoms with van der Waals surface area (Å²) in [5.41, 5.74) is 1.97. The van der Waals surface area contributed by atoms with E-state index < -0.39 is 6.04 Å². The molecule has 0 unspecified atom stereocenters. The number of piperazine rings is 1. The summed E-state index contributed by atoms with van der Waals surface area (Å²) in [5.74, 6) is 0.310. The van der Waals surface area contributed by atoms with Crippen LogP contribution in [-0.4, -0.2) is 54.2 Å². The Bertz CT molecular complexity index is 985. The van der Waals surface area contributed by atoms with Crippen molar-refractivity contribution in [2.24, 2.45) is 0 Å². The maximum atomic E-state index is 12.8. The predicted octanol–water partition coefficient (Wildman–Crippen LogP) is 3.12.